The quantitative estimate of drug-likeness (QED) is 0.208. The van der Waals surface area contributed by atoms with Gasteiger partial charge in [-0.2, -0.15) is 0 Å². The molecule has 0 aromatic carbocycles. The van der Waals surface area contributed by atoms with Crippen molar-refractivity contribution in [3.8, 4) is 0 Å². The molecule has 2 fully saturated rings. The van der Waals surface area contributed by atoms with Crippen molar-refractivity contribution in [1.82, 2.24) is 0 Å². The van der Waals surface area contributed by atoms with Crippen LogP contribution in [0.1, 0.15) is 60.8 Å². The zero-order valence-corrected chi connectivity index (χ0v) is 19.4. The van der Waals surface area contributed by atoms with Crippen molar-refractivity contribution in [2.75, 3.05) is 6.61 Å². The van der Waals surface area contributed by atoms with E-state index in [1.165, 1.54) is 12.3 Å². The molecule has 31 heavy (non-hydrogen) atoms. The van der Waals surface area contributed by atoms with E-state index in [1.807, 2.05) is 46.8 Å². The molecule has 1 aliphatic carbocycles. The van der Waals surface area contributed by atoms with Crippen LogP contribution >= 0.6 is 0 Å². The number of esters is 1. The van der Waals surface area contributed by atoms with Gasteiger partial charge >= 0.3 is 5.97 Å². The van der Waals surface area contributed by atoms with Gasteiger partial charge in [-0.05, 0) is 64.5 Å². The van der Waals surface area contributed by atoms with Crippen LogP contribution in [0.3, 0.4) is 0 Å². The molecule has 6 heteroatoms. The molecule has 0 amide bonds. The number of carbonyl (C=O) groups is 1. The molecule has 0 radical (unpaired) electrons. The normalized spacial score (nSPS) is 41.9. The van der Waals surface area contributed by atoms with E-state index in [1.54, 1.807) is 0 Å². The largest absolute Gasteiger partial charge is 0.432 e. The molecule has 4 rings (SSSR count). The first-order valence-electron chi connectivity index (χ1n) is 11.1. The van der Waals surface area contributed by atoms with Gasteiger partial charge in [0.25, 0.3) is 0 Å². The molecule has 170 valence electrons. The average molecular weight is 431 g/mol. The van der Waals surface area contributed by atoms with E-state index in [9.17, 15) is 4.79 Å². The first-order valence-corrected chi connectivity index (χ1v) is 11.1. The highest BCUT2D eigenvalue weighted by molar-refractivity contribution is 5.83. The third kappa shape index (κ3) is 4.07. The van der Waals surface area contributed by atoms with Crippen LogP contribution in [0.2, 0.25) is 0 Å². The lowest BCUT2D eigenvalue weighted by Gasteiger charge is -2.49. The minimum Gasteiger partial charge on any atom is -0.432 e. The second-order valence-corrected chi connectivity index (χ2v) is 10.5. The maximum Gasteiger partial charge on any atom is 0.335 e. The molecule has 0 unspecified atom stereocenters. The Balaban J connectivity index is 1.75. The Hall–Kier alpha value is -1.73. The molecule has 0 aromatic heterocycles. The van der Waals surface area contributed by atoms with Gasteiger partial charge in [-0.3, -0.25) is 0 Å². The Morgan fingerprint density at radius 1 is 1.16 bits per heavy atom. The van der Waals surface area contributed by atoms with E-state index in [0.717, 1.165) is 24.0 Å². The lowest BCUT2D eigenvalue weighted by molar-refractivity contribution is -0.450. The minimum atomic E-state index is -0.942. The van der Waals surface area contributed by atoms with Crippen LogP contribution < -0.4 is 0 Å². The Morgan fingerprint density at radius 2 is 1.94 bits per heavy atom. The third-order valence-corrected chi connectivity index (χ3v) is 6.79. The highest BCUT2D eigenvalue weighted by Gasteiger charge is 2.68. The van der Waals surface area contributed by atoms with E-state index in [2.05, 4.69) is 19.1 Å². The van der Waals surface area contributed by atoms with Crippen molar-refractivity contribution >= 4 is 5.97 Å². The summed E-state index contributed by atoms with van der Waals surface area (Å²) in [6, 6.07) is 0. The van der Waals surface area contributed by atoms with Crippen molar-refractivity contribution in [3.05, 3.63) is 47.8 Å². The van der Waals surface area contributed by atoms with Crippen molar-refractivity contribution in [1.29, 1.82) is 0 Å². The molecular weight excluding hydrogens is 396 g/mol. The van der Waals surface area contributed by atoms with Crippen LogP contribution in [0.25, 0.3) is 0 Å². The zero-order valence-electron chi connectivity index (χ0n) is 19.4. The molecule has 3 heterocycles. The molecule has 3 bridgehead atoms. The first kappa shape index (κ1) is 22.5. The van der Waals surface area contributed by atoms with Crippen LogP contribution in [0.4, 0.5) is 0 Å². The topological polar surface area (TPSA) is 63.2 Å². The number of hydrogen-bond donors (Lipinski definition) is 0. The van der Waals surface area contributed by atoms with Gasteiger partial charge in [-0.25, -0.2) is 14.6 Å². The van der Waals surface area contributed by atoms with Crippen LogP contribution in [-0.2, 0) is 28.8 Å². The summed E-state index contributed by atoms with van der Waals surface area (Å²) in [6.07, 6.45) is 13.5. The second-order valence-electron chi connectivity index (χ2n) is 10.5. The Morgan fingerprint density at radius 3 is 2.68 bits per heavy atom. The highest BCUT2D eigenvalue weighted by atomic mass is 17.2. The number of carbonyl (C=O) groups excluding carboxylic acids is 1. The predicted molar refractivity (Wildman–Crippen MR) is 116 cm³/mol. The van der Waals surface area contributed by atoms with E-state index in [4.69, 9.17) is 24.0 Å². The number of rotatable bonds is 3. The van der Waals surface area contributed by atoms with E-state index >= 15 is 0 Å². The predicted octanol–water partition coefficient (Wildman–Crippen LogP) is 4.92. The summed E-state index contributed by atoms with van der Waals surface area (Å²) in [7, 11) is 0. The molecule has 3 aliphatic heterocycles. The van der Waals surface area contributed by atoms with E-state index in [0.29, 0.717) is 13.0 Å². The zero-order chi connectivity index (χ0) is 22.5. The van der Waals surface area contributed by atoms with Gasteiger partial charge in [0.05, 0.1) is 19.0 Å². The highest BCUT2D eigenvalue weighted by Crippen LogP contribution is 2.61. The number of hydrogen-bond acceptors (Lipinski definition) is 6. The maximum atomic E-state index is 12.0. The number of allylic oxidation sites excluding steroid dienone is 3. The van der Waals surface area contributed by atoms with Crippen molar-refractivity contribution in [2.45, 2.75) is 83.9 Å². The van der Waals surface area contributed by atoms with Gasteiger partial charge in [0.1, 0.15) is 11.2 Å². The van der Waals surface area contributed by atoms with E-state index in [-0.39, 0.29) is 23.4 Å². The van der Waals surface area contributed by atoms with Crippen molar-refractivity contribution in [2.24, 2.45) is 11.3 Å². The minimum absolute atomic E-state index is 0.0664. The number of fused-ring (bicyclic) bond motifs is 2. The molecule has 0 N–H and O–H groups in total. The maximum absolute atomic E-state index is 12.0. The van der Waals surface area contributed by atoms with Gasteiger partial charge in [0, 0.05) is 18.4 Å². The Kier molecular flexibility index (Phi) is 5.58. The average Bonchev–Trinajstić information content (AvgIpc) is 3.12. The summed E-state index contributed by atoms with van der Waals surface area (Å²) >= 11 is 0. The van der Waals surface area contributed by atoms with Gasteiger partial charge < -0.3 is 14.2 Å². The summed E-state index contributed by atoms with van der Waals surface area (Å²) in [6.45, 7) is 12.4. The van der Waals surface area contributed by atoms with Gasteiger partial charge in [0.2, 0.25) is 5.79 Å². The van der Waals surface area contributed by atoms with Crippen LogP contribution in [-0.4, -0.2) is 35.7 Å². The second kappa shape index (κ2) is 7.69. The van der Waals surface area contributed by atoms with Crippen LogP contribution in [0.5, 0.6) is 0 Å². The SMILES string of the molecule is CC(C)=CC(=O)O/C=C/[C@@H]1[C@]2(C)CC=C3CO[C@@H]4C[C@](C)(OOC(C)(C)/C=C/C2)O[C@]314. The third-order valence-electron chi connectivity index (χ3n) is 6.79. The fourth-order valence-electron chi connectivity index (χ4n) is 5.32. The molecule has 4 aliphatic rings. The molecule has 1 spiro atoms. The molecule has 2 saturated heterocycles. The number of ether oxygens (including phenoxy) is 3. The molecule has 0 saturated carbocycles. The molecular formula is C25H34O6. The van der Waals surface area contributed by atoms with Crippen molar-refractivity contribution < 1.29 is 28.8 Å². The van der Waals surface area contributed by atoms with Crippen molar-refractivity contribution in [3.63, 3.8) is 0 Å². The summed E-state index contributed by atoms with van der Waals surface area (Å²) < 4.78 is 18.3. The van der Waals surface area contributed by atoms with Gasteiger partial charge in [-0.15, -0.1) is 0 Å². The lowest BCUT2D eigenvalue weighted by atomic mass is 9.58. The lowest BCUT2D eigenvalue weighted by Crippen LogP contribution is -2.53. The van der Waals surface area contributed by atoms with E-state index < -0.39 is 17.0 Å². The van der Waals surface area contributed by atoms with Gasteiger partial charge in [-0.1, -0.05) is 30.7 Å². The fourth-order valence-corrected chi connectivity index (χ4v) is 5.32. The standard InChI is InChI=1S/C25H34O6/c1-17(2)14-21(26)27-13-9-19-23(5)11-7-10-22(3,4)30-31-24(6)15-20-25(19,29-24)18(8-12-23)16-28-20/h7-10,13-14,19-20H,11-12,15-16H2,1-6H3/b10-7+,13-9+/t19-,20-,23+,24+,25-/m1/s1. The molecule has 6 nitrogen and oxygen atoms in total. The molecule has 5 atom stereocenters. The summed E-state index contributed by atoms with van der Waals surface area (Å²) in [4.78, 5) is 23.7. The van der Waals surface area contributed by atoms with Gasteiger partial charge in [0.15, 0.2) is 0 Å². The summed E-state index contributed by atoms with van der Waals surface area (Å²) in [5.74, 6) is -1.39. The smallest absolute Gasteiger partial charge is 0.335 e. The summed E-state index contributed by atoms with van der Waals surface area (Å²) in [5, 5.41) is 0. The first-order chi connectivity index (χ1) is 14.5. The summed E-state index contributed by atoms with van der Waals surface area (Å²) in [5.41, 5.74) is 0.616. The Bertz CT molecular complexity index is 863. The monoisotopic (exact) mass is 430 g/mol. The van der Waals surface area contributed by atoms with Crippen LogP contribution in [0, 0.1) is 11.3 Å². The van der Waals surface area contributed by atoms with Crippen LogP contribution in [0.15, 0.2) is 47.8 Å². The molecule has 0 aromatic rings. The Labute approximate surface area is 184 Å². The fraction of sp³-hybridized carbons (Fsp3) is 0.640.